The normalized spacial score (nSPS) is 20.0. The summed E-state index contributed by atoms with van der Waals surface area (Å²) >= 11 is 0. The van der Waals surface area contributed by atoms with Gasteiger partial charge in [0.2, 0.25) is 0 Å². The van der Waals surface area contributed by atoms with Crippen LogP contribution in [0.1, 0.15) is 49.9 Å². The number of nitrogens with one attached hydrogen (secondary N) is 3. The lowest BCUT2D eigenvalue weighted by Gasteiger charge is -2.27. The Kier molecular flexibility index (Phi) is 8.01. The zero-order chi connectivity index (χ0) is 16.8. The standard InChI is InChI=1S/C17H26N4O2.ClH/c1-11(2)19-17(23)21-15-6-4-3-5-14(15)16(22)20-13-9-7-12(18)8-10-13;/h3-6,11-13H,7-10,18H2,1-2H3,(H,20,22)(H2,19,21,23);1H. The van der Waals surface area contributed by atoms with Crippen LogP contribution in [0.2, 0.25) is 0 Å². The predicted molar refractivity (Wildman–Crippen MR) is 98.7 cm³/mol. The highest BCUT2D eigenvalue weighted by Gasteiger charge is 2.22. The van der Waals surface area contributed by atoms with Crippen LogP contribution in [0.25, 0.3) is 0 Å². The smallest absolute Gasteiger partial charge is 0.319 e. The Balaban J connectivity index is 0.00000288. The lowest BCUT2D eigenvalue weighted by Crippen LogP contribution is -2.41. The molecule has 3 amide bonds. The van der Waals surface area contributed by atoms with Gasteiger partial charge in [0.25, 0.3) is 5.91 Å². The molecule has 0 atom stereocenters. The van der Waals surface area contributed by atoms with E-state index < -0.39 is 0 Å². The average Bonchev–Trinajstić information content (AvgIpc) is 2.49. The third kappa shape index (κ3) is 6.02. The van der Waals surface area contributed by atoms with Gasteiger partial charge in [-0.05, 0) is 51.7 Å². The number of halogens is 1. The molecule has 0 unspecified atom stereocenters. The van der Waals surface area contributed by atoms with Crippen LogP contribution < -0.4 is 21.7 Å². The van der Waals surface area contributed by atoms with Crippen LogP contribution in [-0.4, -0.2) is 30.1 Å². The first-order valence-corrected chi connectivity index (χ1v) is 8.18. The highest BCUT2D eigenvalue weighted by molar-refractivity contribution is 6.03. The molecule has 0 heterocycles. The molecule has 7 heteroatoms. The number of rotatable bonds is 4. The third-order valence-electron chi connectivity index (χ3n) is 3.95. The summed E-state index contributed by atoms with van der Waals surface area (Å²) in [5, 5.41) is 8.53. The van der Waals surface area contributed by atoms with Crippen LogP contribution in [0, 0.1) is 0 Å². The Morgan fingerprint density at radius 1 is 1.12 bits per heavy atom. The molecule has 0 aromatic heterocycles. The minimum atomic E-state index is -0.316. The summed E-state index contributed by atoms with van der Waals surface area (Å²) in [6.45, 7) is 3.76. The molecule has 134 valence electrons. The number of carbonyl (C=O) groups excluding carboxylic acids is 2. The van der Waals surface area contributed by atoms with E-state index in [0.717, 1.165) is 25.7 Å². The van der Waals surface area contributed by atoms with Crippen molar-refractivity contribution in [3.8, 4) is 0 Å². The van der Waals surface area contributed by atoms with Crippen molar-refractivity contribution in [3.63, 3.8) is 0 Å². The van der Waals surface area contributed by atoms with Crippen molar-refractivity contribution in [2.24, 2.45) is 5.73 Å². The molecule has 5 N–H and O–H groups in total. The quantitative estimate of drug-likeness (QED) is 0.669. The van der Waals surface area contributed by atoms with Crippen LogP contribution in [0.3, 0.4) is 0 Å². The van der Waals surface area contributed by atoms with Crippen molar-refractivity contribution < 1.29 is 9.59 Å². The monoisotopic (exact) mass is 354 g/mol. The maximum absolute atomic E-state index is 12.5. The molecule has 1 aromatic carbocycles. The van der Waals surface area contributed by atoms with E-state index in [2.05, 4.69) is 16.0 Å². The molecule has 0 saturated heterocycles. The Labute approximate surface area is 149 Å². The zero-order valence-electron chi connectivity index (χ0n) is 14.2. The van der Waals surface area contributed by atoms with Gasteiger partial charge >= 0.3 is 6.03 Å². The van der Waals surface area contributed by atoms with Gasteiger partial charge in [0.05, 0.1) is 11.3 Å². The van der Waals surface area contributed by atoms with Crippen LogP contribution in [0.15, 0.2) is 24.3 Å². The van der Waals surface area contributed by atoms with Crippen LogP contribution in [0.5, 0.6) is 0 Å². The van der Waals surface area contributed by atoms with Crippen molar-refractivity contribution in [2.75, 3.05) is 5.32 Å². The number of urea groups is 1. The summed E-state index contributed by atoms with van der Waals surface area (Å²) in [5.41, 5.74) is 6.87. The second-order valence-corrected chi connectivity index (χ2v) is 6.38. The Hall–Kier alpha value is -1.79. The molecule has 1 fully saturated rings. The van der Waals surface area contributed by atoms with E-state index in [-0.39, 0.29) is 42.5 Å². The maximum Gasteiger partial charge on any atom is 0.319 e. The number of hydrogen-bond donors (Lipinski definition) is 4. The first-order chi connectivity index (χ1) is 11.0. The second-order valence-electron chi connectivity index (χ2n) is 6.38. The molecule has 1 saturated carbocycles. The number of amides is 3. The van der Waals surface area contributed by atoms with Gasteiger partial charge in [-0.2, -0.15) is 0 Å². The molecule has 0 spiro atoms. The Bertz CT molecular complexity index is 557. The van der Waals surface area contributed by atoms with E-state index in [4.69, 9.17) is 5.73 Å². The molecule has 1 aromatic rings. The van der Waals surface area contributed by atoms with Crippen molar-refractivity contribution >= 4 is 30.0 Å². The van der Waals surface area contributed by atoms with Gasteiger partial charge in [0.15, 0.2) is 0 Å². The van der Waals surface area contributed by atoms with E-state index in [1.807, 2.05) is 13.8 Å². The van der Waals surface area contributed by atoms with E-state index in [0.29, 0.717) is 11.3 Å². The lowest BCUT2D eigenvalue weighted by molar-refractivity contribution is 0.0927. The summed E-state index contributed by atoms with van der Waals surface area (Å²) in [6.07, 6.45) is 3.66. The van der Waals surface area contributed by atoms with Gasteiger partial charge in [-0.25, -0.2) is 4.79 Å². The van der Waals surface area contributed by atoms with Crippen molar-refractivity contribution in [2.45, 2.75) is 57.7 Å². The lowest BCUT2D eigenvalue weighted by atomic mass is 9.91. The van der Waals surface area contributed by atoms with Crippen molar-refractivity contribution in [1.82, 2.24) is 10.6 Å². The predicted octanol–water partition coefficient (Wildman–Crippen LogP) is 2.64. The highest BCUT2D eigenvalue weighted by atomic mass is 35.5. The number of anilines is 1. The molecule has 2 rings (SSSR count). The molecule has 1 aliphatic rings. The molecule has 6 nitrogen and oxygen atoms in total. The Morgan fingerprint density at radius 2 is 1.75 bits per heavy atom. The SMILES string of the molecule is CC(C)NC(=O)Nc1ccccc1C(=O)NC1CCC(N)CC1.Cl. The van der Waals surface area contributed by atoms with Gasteiger partial charge < -0.3 is 21.7 Å². The van der Waals surface area contributed by atoms with Crippen LogP contribution in [0.4, 0.5) is 10.5 Å². The highest BCUT2D eigenvalue weighted by Crippen LogP contribution is 2.19. The number of nitrogens with two attached hydrogens (primary N) is 1. The summed E-state index contributed by atoms with van der Waals surface area (Å²) in [6, 6.07) is 7.14. The topological polar surface area (TPSA) is 96.2 Å². The van der Waals surface area contributed by atoms with Gasteiger partial charge in [0, 0.05) is 18.1 Å². The summed E-state index contributed by atoms with van der Waals surface area (Å²) in [4.78, 5) is 24.4. The molecule has 0 radical (unpaired) electrons. The van der Waals surface area contributed by atoms with Gasteiger partial charge in [-0.3, -0.25) is 4.79 Å². The Morgan fingerprint density at radius 3 is 2.38 bits per heavy atom. The van der Waals surface area contributed by atoms with Gasteiger partial charge in [-0.1, -0.05) is 12.1 Å². The molecular weight excluding hydrogens is 328 g/mol. The molecule has 24 heavy (non-hydrogen) atoms. The molecule has 1 aliphatic carbocycles. The number of benzene rings is 1. The van der Waals surface area contributed by atoms with E-state index >= 15 is 0 Å². The fraction of sp³-hybridized carbons (Fsp3) is 0.529. The first-order valence-electron chi connectivity index (χ1n) is 8.18. The maximum atomic E-state index is 12.5. The summed E-state index contributed by atoms with van der Waals surface area (Å²) in [7, 11) is 0. The number of hydrogen-bond acceptors (Lipinski definition) is 3. The summed E-state index contributed by atoms with van der Waals surface area (Å²) in [5.74, 6) is -0.161. The fourth-order valence-corrected chi connectivity index (χ4v) is 2.74. The minimum Gasteiger partial charge on any atom is -0.349 e. The number of para-hydroxylation sites is 1. The van der Waals surface area contributed by atoms with Crippen molar-refractivity contribution in [1.29, 1.82) is 0 Å². The molecule has 0 aliphatic heterocycles. The third-order valence-corrected chi connectivity index (χ3v) is 3.95. The van der Waals surface area contributed by atoms with Crippen LogP contribution in [-0.2, 0) is 0 Å². The van der Waals surface area contributed by atoms with E-state index in [9.17, 15) is 9.59 Å². The number of carbonyl (C=O) groups is 2. The van der Waals surface area contributed by atoms with Gasteiger partial charge in [-0.15, -0.1) is 12.4 Å². The molecular formula is C17H27ClN4O2. The zero-order valence-corrected chi connectivity index (χ0v) is 15.0. The van der Waals surface area contributed by atoms with Crippen molar-refractivity contribution in [3.05, 3.63) is 29.8 Å². The fourth-order valence-electron chi connectivity index (χ4n) is 2.74. The largest absolute Gasteiger partial charge is 0.349 e. The average molecular weight is 355 g/mol. The second kappa shape index (κ2) is 9.49. The summed E-state index contributed by atoms with van der Waals surface area (Å²) < 4.78 is 0. The van der Waals surface area contributed by atoms with Crippen LogP contribution >= 0.6 is 12.4 Å². The first kappa shape index (κ1) is 20.3. The minimum absolute atomic E-state index is 0. The van der Waals surface area contributed by atoms with E-state index in [1.54, 1.807) is 24.3 Å². The van der Waals surface area contributed by atoms with E-state index in [1.165, 1.54) is 0 Å². The van der Waals surface area contributed by atoms with Gasteiger partial charge in [0.1, 0.15) is 0 Å². The molecule has 0 bridgehead atoms.